The summed E-state index contributed by atoms with van der Waals surface area (Å²) in [6, 6.07) is 6.50. The molecule has 12 heteroatoms. The molecule has 0 saturated carbocycles. The standard InChI is InChI=1S/C22H18F4N6O2/c23-16-3-1-12(13-9-29-21(27)30-10-13)7-15(16)20(34)31-17-8-14(22(24,25)26)2-4-18(17)32-6-5-28-19(33)11-32/h1-4,7-10H,5-6,11H2,(H,28,33)(H,31,34)(H2,27,29,30). The van der Waals surface area contributed by atoms with Crippen molar-refractivity contribution < 1.29 is 27.2 Å². The van der Waals surface area contributed by atoms with Crippen molar-refractivity contribution in [3.8, 4) is 11.1 Å². The van der Waals surface area contributed by atoms with Crippen LogP contribution in [0.2, 0.25) is 0 Å². The number of hydrogen-bond acceptors (Lipinski definition) is 6. The van der Waals surface area contributed by atoms with Crippen molar-refractivity contribution in [1.82, 2.24) is 15.3 Å². The fraction of sp³-hybridized carbons (Fsp3) is 0.182. The van der Waals surface area contributed by atoms with Crippen molar-refractivity contribution in [3.05, 3.63) is 65.7 Å². The Morgan fingerprint density at radius 3 is 2.50 bits per heavy atom. The third-order valence-corrected chi connectivity index (χ3v) is 5.17. The van der Waals surface area contributed by atoms with Crippen LogP contribution in [-0.2, 0) is 11.0 Å². The Morgan fingerprint density at radius 2 is 1.82 bits per heavy atom. The number of carbonyl (C=O) groups is 2. The van der Waals surface area contributed by atoms with Crippen LogP contribution < -0.4 is 21.3 Å². The highest BCUT2D eigenvalue weighted by Crippen LogP contribution is 2.36. The number of carbonyl (C=O) groups excluding carboxylic acids is 2. The highest BCUT2D eigenvalue weighted by Gasteiger charge is 2.32. The molecule has 0 aliphatic carbocycles. The number of nitrogens with one attached hydrogen (secondary N) is 2. The van der Waals surface area contributed by atoms with E-state index in [1.54, 1.807) is 0 Å². The maximum atomic E-state index is 14.5. The van der Waals surface area contributed by atoms with Crippen molar-refractivity contribution in [2.45, 2.75) is 6.18 Å². The van der Waals surface area contributed by atoms with Gasteiger partial charge in [-0.25, -0.2) is 14.4 Å². The molecule has 3 aromatic rings. The first-order valence-electron chi connectivity index (χ1n) is 10.0. The molecule has 2 aromatic carbocycles. The fourth-order valence-electron chi connectivity index (χ4n) is 3.49. The molecule has 4 N–H and O–H groups in total. The van der Waals surface area contributed by atoms with Crippen molar-refractivity contribution in [2.24, 2.45) is 0 Å². The van der Waals surface area contributed by atoms with Crippen LogP contribution in [0.5, 0.6) is 0 Å². The molecule has 0 bridgehead atoms. The van der Waals surface area contributed by atoms with Crippen molar-refractivity contribution in [2.75, 3.05) is 35.6 Å². The van der Waals surface area contributed by atoms with Crippen LogP contribution in [-0.4, -0.2) is 41.4 Å². The Bertz CT molecular complexity index is 1250. The maximum Gasteiger partial charge on any atom is 0.416 e. The number of rotatable bonds is 4. The molecule has 1 aliphatic rings. The molecule has 0 unspecified atom stereocenters. The first-order valence-corrected chi connectivity index (χ1v) is 10.0. The lowest BCUT2D eigenvalue weighted by atomic mass is 10.0. The number of hydrogen-bond donors (Lipinski definition) is 3. The molecule has 2 heterocycles. The summed E-state index contributed by atoms with van der Waals surface area (Å²) in [5.41, 5.74) is 4.95. The van der Waals surface area contributed by atoms with Crippen molar-refractivity contribution in [3.63, 3.8) is 0 Å². The Labute approximate surface area is 190 Å². The van der Waals surface area contributed by atoms with Crippen LogP contribution in [0.3, 0.4) is 0 Å². The van der Waals surface area contributed by atoms with Gasteiger partial charge in [-0.3, -0.25) is 9.59 Å². The number of benzene rings is 2. The van der Waals surface area contributed by atoms with Gasteiger partial charge in [0.05, 0.1) is 29.0 Å². The molecule has 1 saturated heterocycles. The number of aromatic nitrogens is 2. The minimum absolute atomic E-state index is 0.0345. The van der Waals surface area contributed by atoms with E-state index >= 15 is 0 Å². The number of anilines is 3. The number of alkyl halides is 3. The van der Waals surface area contributed by atoms with E-state index in [-0.39, 0.29) is 36.3 Å². The summed E-state index contributed by atoms with van der Waals surface area (Å²) in [6.45, 7) is 0.504. The third kappa shape index (κ3) is 4.90. The topological polar surface area (TPSA) is 113 Å². The van der Waals surface area contributed by atoms with Crippen molar-refractivity contribution >= 4 is 29.1 Å². The second-order valence-electron chi connectivity index (χ2n) is 7.48. The molecule has 1 aromatic heterocycles. The molecule has 0 spiro atoms. The largest absolute Gasteiger partial charge is 0.416 e. The van der Waals surface area contributed by atoms with E-state index in [9.17, 15) is 27.2 Å². The van der Waals surface area contributed by atoms with Gasteiger partial charge in [0.2, 0.25) is 11.9 Å². The lowest BCUT2D eigenvalue weighted by Gasteiger charge is -2.30. The van der Waals surface area contributed by atoms with Gasteiger partial charge in [-0.05, 0) is 35.9 Å². The van der Waals surface area contributed by atoms with Gasteiger partial charge in [0.25, 0.3) is 5.91 Å². The zero-order chi connectivity index (χ0) is 24.5. The highest BCUT2D eigenvalue weighted by molar-refractivity contribution is 6.07. The fourth-order valence-corrected chi connectivity index (χ4v) is 3.49. The van der Waals surface area contributed by atoms with Crippen LogP contribution in [0.1, 0.15) is 15.9 Å². The quantitative estimate of drug-likeness (QED) is 0.501. The molecule has 1 aliphatic heterocycles. The highest BCUT2D eigenvalue weighted by atomic mass is 19.4. The summed E-state index contributed by atoms with van der Waals surface area (Å²) in [5.74, 6) is -2.11. The average Bonchev–Trinajstić information content (AvgIpc) is 2.79. The number of nitrogen functional groups attached to an aromatic ring is 1. The second kappa shape index (κ2) is 8.96. The Morgan fingerprint density at radius 1 is 1.09 bits per heavy atom. The van der Waals surface area contributed by atoms with E-state index in [0.29, 0.717) is 17.7 Å². The van der Waals surface area contributed by atoms with E-state index < -0.39 is 29.0 Å². The number of nitrogens with two attached hydrogens (primary N) is 1. The molecule has 0 atom stereocenters. The van der Waals surface area contributed by atoms with E-state index in [4.69, 9.17) is 5.73 Å². The number of halogens is 4. The van der Waals surface area contributed by atoms with Crippen LogP contribution >= 0.6 is 0 Å². The third-order valence-electron chi connectivity index (χ3n) is 5.17. The Balaban J connectivity index is 1.70. The number of piperazine rings is 1. The van der Waals surface area contributed by atoms with E-state index in [0.717, 1.165) is 18.2 Å². The molecule has 4 rings (SSSR count). The van der Waals surface area contributed by atoms with Gasteiger partial charge < -0.3 is 21.3 Å². The predicted octanol–water partition coefficient (Wildman–Crippen LogP) is 3.07. The van der Waals surface area contributed by atoms with Crippen molar-refractivity contribution in [1.29, 1.82) is 0 Å². The smallest absolute Gasteiger partial charge is 0.368 e. The van der Waals surface area contributed by atoms with Gasteiger partial charge in [-0.15, -0.1) is 0 Å². The first-order chi connectivity index (χ1) is 16.1. The normalized spacial score (nSPS) is 14.0. The Kier molecular flexibility index (Phi) is 6.05. The van der Waals surface area contributed by atoms with Gasteiger partial charge in [0.1, 0.15) is 5.82 Å². The zero-order valence-electron chi connectivity index (χ0n) is 17.5. The summed E-state index contributed by atoms with van der Waals surface area (Å²) < 4.78 is 54.5. The van der Waals surface area contributed by atoms with E-state index in [1.807, 2.05) is 0 Å². The number of amides is 2. The molecule has 34 heavy (non-hydrogen) atoms. The molecular formula is C22H18F4N6O2. The van der Waals surface area contributed by atoms with Gasteiger partial charge in [0, 0.05) is 31.0 Å². The van der Waals surface area contributed by atoms with Crippen LogP contribution in [0.25, 0.3) is 11.1 Å². The summed E-state index contributed by atoms with van der Waals surface area (Å²) in [7, 11) is 0. The minimum Gasteiger partial charge on any atom is -0.368 e. The minimum atomic E-state index is -4.67. The summed E-state index contributed by atoms with van der Waals surface area (Å²) in [5, 5.41) is 5.00. The predicted molar refractivity (Wildman–Crippen MR) is 116 cm³/mol. The SMILES string of the molecule is Nc1ncc(-c2ccc(F)c(C(=O)Nc3cc(C(F)(F)F)ccc3N3CCNC(=O)C3)c2)cn1. The van der Waals surface area contributed by atoms with Gasteiger partial charge in [-0.2, -0.15) is 13.2 Å². The van der Waals surface area contributed by atoms with E-state index in [1.165, 1.54) is 35.5 Å². The summed E-state index contributed by atoms with van der Waals surface area (Å²) in [6.07, 6.45) is -1.88. The average molecular weight is 474 g/mol. The Hall–Kier alpha value is -4.22. The van der Waals surface area contributed by atoms with Crippen LogP contribution in [0.4, 0.5) is 34.9 Å². The van der Waals surface area contributed by atoms with E-state index in [2.05, 4.69) is 20.6 Å². The molecule has 0 radical (unpaired) electrons. The van der Waals surface area contributed by atoms with Gasteiger partial charge >= 0.3 is 6.18 Å². The number of nitrogens with zero attached hydrogens (tertiary/aromatic N) is 3. The molecular weight excluding hydrogens is 456 g/mol. The zero-order valence-corrected chi connectivity index (χ0v) is 17.5. The maximum absolute atomic E-state index is 14.5. The van der Waals surface area contributed by atoms with Gasteiger partial charge in [0.15, 0.2) is 0 Å². The van der Waals surface area contributed by atoms with Crippen LogP contribution in [0, 0.1) is 5.82 Å². The van der Waals surface area contributed by atoms with Crippen LogP contribution in [0.15, 0.2) is 48.8 Å². The molecule has 176 valence electrons. The molecule has 2 amide bonds. The second-order valence-corrected chi connectivity index (χ2v) is 7.48. The molecule has 1 fully saturated rings. The summed E-state index contributed by atoms with van der Waals surface area (Å²) in [4.78, 5) is 34.0. The van der Waals surface area contributed by atoms with Gasteiger partial charge in [-0.1, -0.05) is 6.07 Å². The first kappa shape index (κ1) is 23.0. The monoisotopic (exact) mass is 474 g/mol. The molecule has 8 nitrogen and oxygen atoms in total. The lowest BCUT2D eigenvalue weighted by Crippen LogP contribution is -2.48. The lowest BCUT2D eigenvalue weighted by molar-refractivity contribution is -0.137. The summed E-state index contributed by atoms with van der Waals surface area (Å²) >= 11 is 0.